The van der Waals surface area contributed by atoms with Crippen LogP contribution in [-0.4, -0.2) is 22.8 Å². The van der Waals surface area contributed by atoms with E-state index in [9.17, 15) is 0 Å². The van der Waals surface area contributed by atoms with E-state index in [0.717, 1.165) is 45.3 Å². The molecule has 1 aromatic heterocycles. The first-order valence-electron chi connectivity index (χ1n) is 7.75. The Morgan fingerprint density at radius 1 is 1.15 bits per heavy atom. The number of hydrogen-bond donors (Lipinski definition) is 2. The number of unbranched alkanes of at least 4 members (excludes halogenated alkanes) is 2. The van der Waals surface area contributed by atoms with Crippen LogP contribution in [0.1, 0.15) is 38.2 Å². The second-order valence-corrected chi connectivity index (χ2v) is 5.33. The van der Waals surface area contributed by atoms with E-state index in [2.05, 4.69) is 47.3 Å². The zero-order valence-corrected chi connectivity index (χ0v) is 12.4. The molecule has 0 unspecified atom stereocenters. The molecule has 0 saturated heterocycles. The highest BCUT2D eigenvalue weighted by molar-refractivity contribution is 5.83. The molecule has 110 valence electrons. The van der Waals surface area contributed by atoms with Crippen molar-refractivity contribution in [1.82, 2.24) is 9.88 Å². The van der Waals surface area contributed by atoms with E-state index in [1.54, 1.807) is 0 Å². The lowest BCUT2D eigenvalue weighted by molar-refractivity contribution is 0.283. The Hall–Kier alpha value is -1.32. The van der Waals surface area contributed by atoms with Crippen LogP contribution in [0.4, 0.5) is 0 Å². The van der Waals surface area contributed by atoms with E-state index in [1.165, 1.54) is 16.5 Å². The van der Waals surface area contributed by atoms with Crippen molar-refractivity contribution in [3.63, 3.8) is 0 Å². The van der Waals surface area contributed by atoms with Gasteiger partial charge in [0.2, 0.25) is 0 Å². The molecule has 0 atom stereocenters. The summed E-state index contributed by atoms with van der Waals surface area (Å²) >= 11 is 0. The van der Waals surface area contributed by atoms with Crippen molar-refractivity contribution < 1.29 is 5.11 Å². The van der Waals surface area contributed by atoms with Gasteiger partial charge < -0.3 is 15.0 Å². The summed E-state index contributed by atoms with van der Waals surface area (Å²) in [5.74, 6) is 0. The summed E-state index contributed by atoms with van der Waals surface area (Å²) in [4.78, 5) is 0. The fourth-order valence-electron chi connectivity index (χ4n) is 2.65. The number of para-hydroxylation sites is 1. The maximum Gasteiger partial charge on any atom is 0.0483 e. The van der Waals surface area contributed by atoms with Crippen LogP contribution in [0, 0.1) is 0 Å². The van der Waals surface area contributed by atoms with Crippen molar-refractivity contribution in [3.8, 4) is 0 Å². The third-order valence-electron chi connectivity index (χ3n) is 3.66. The number of aliphatic hydroxyl groups excluding tert-OH is 1. The summed E-state index contributed by atoms with van der Waals surface area (Å²) in [6.45, 7) is 5.55. The van der Waals surface area contributed by atoms with Gasteiger partial charge in [0.1, 0.15) is 0 Å². The molecule has 0 bridgehead atoms. The lowest BCUT2D eigenvalue weighted by atomic mass is 10.2. The van der Waals surface area contributed by atoms with Gasteiger partial charge in [-0.3, -0.25) is 0 Å². The second-order valence-electron chi connectivity index (χ2n) is 5.33. The lowest BCUT2D eigenvalue weighted by Crippen LogP contribution is -2.14. The molecule has 0 fully saturated rings. The van der Waals surface area contributed by atoms with Gasteiger partial charge >= 0.3 is 0 Å². The second kappa shape index (κ2) is 8.08. The van der Waals surface area contributed by atoms with Crippen molar-refractivity contribution in [3.05, 3.63) is 36.0 Å². The summed E-state index contributed by atoms with van der Waals surface area (Å²) in [6.07, 6.45) is 6.59. The first-order valence-corrected chi connectivity index (χ1v) is 7.75. The molecule has 2 rings (SSSR count). The molecule has 0 aliphatic carbocycles. The maximum atomic E-state index is 8.75. The van der Waals surface area contributed by atoms with Gasteiger partial charge in [0.25, 0.3) is 0 Å². The van der Waals surface area contributed by atoms with Gasteiger partial charge in [-0.1, -0.05) is 25.1 Å². The first-order chi connectivity index (χ1) is 9.86. The van der Waals surface area contributed by atoms with Crippen molar-refractivity contribution in [2.24, 2.45) is 0 Å². The fraction of sp³-hybridized carbons (Fsp3) is 0.529. The summed E-state index contributed by atoms with van der Waals surface area (Å²) in [7, 11) is 0. The summed E-state index contributed by atoms with van der Waals surface area (Å²) in [6, 6.07) is 8.64. The molecule has 3 nitrogen and oxygen atoms in total. The van der Waals surface area contributed by atoms with Gasteiger partial charge in [0.05, 0.1) is 0 Å². The van der Waals surface area contributed by atoms with Gasteiger partial charge in [0, 0.05) is 36.8 Å². The number of fused-ring (bicyclic) bond motifs is 1. The van der Waals surface area contributed by atoms with E-state index in [1.807, 2.05) is 0 Å². The smallest absolute Gasteiger partial charge is 0.0483 e. The molecule has 0 radical (unpaired) electrons. The number of nitrogens with one attached hydrogen (secondary N) is 1. The molecule has 0 spiro atoms. The van der Waals surface area contributed by atoms with E-state index < -0.39 is 0 Å². The highest BCUT2D eigenvalue weighted by atomic mass is 16.2. The van der Waals surface area contributed by atoms with Crippen LogP contribution in [0.25, 0.3) is 10.9 Å². The monoisotopic (exact) mass is 274 g/mol. The van der Waals surface area contributed by atoms with Crippen LogP contribution in [0.2, 0.25) is 0 Å². The molecule has 0 aliphatic heterocycles. The predicted molar refractivity (Wildman–Crippen MR) is 84.9 cm³/mol. The summed E-state index contributed by atoms with van der Waals surface area (Å²) < 4.78 is 2.36. The number of rotatable bonds is 9. The molecular weight excluding hydrogens is 248 g/mol. The van der Waals surface area contributed by atoms with E-state index in [4.69, 9.17) is 5.11 Å². The number of aliphatic hydroxyl groups is 1. The molecule has 2 aromatic rings. The summed E-state index contributed by atoms with van der Waals surface area (Å²) in [5.41, 5.74) is 2.72. The van der Waals surface area contributed by atoms with Gasteiger partial charge in [-0.2, -0.15) is 0 Å². The van der Waals surface area contributed by atoms with Crippen LogP contribution >= 0.6 is 0 Å². The Balaban J connectivity index is 1.95. The molecule has 0 saturated carbocycles. The van der Waals surface area contributed by atoms with E-state index in [-0.39, 0.29) is 0 Å². The van der Waals surface area contributed by atoms with E-state index in [0.29, 0.717) is 6.61 Å². The quantitative estimate of drug-likeness (QED) is 0.688. The Morgan fingerprint density at radius 3 is 2.80 bits per heavy atom. The van der Waals surface area contributed by atoms with Crippen LogP contribution in [0.5, 0.6) is 0 Å². The molecule has 1 heterocycles. The Morgan fingerprint density at radius 2 is 2.00 bits per heavy atom. The van der Waals surface area contributed by atoms with E-state index >= 15 is 0 Å². The predicted octanol–water partition coefficient (Wildman–Crippen LogP) is 3.30. The standard InChI is InChI=1S/C17H26N2O/c1-2-11-19-14-15(13-18-10-6-3-7-12-20)16-8-4-5-9-17(16)19/h4-5,8-9,14,18,20H,2-3,6-7,10-13H2,1H3. The highest BCUT2D eigenvalue weighted by Gasteiger charge is 2.06. The van der Waals surface area contributed by atoms with Crippen LogP contribution in [0.3, 0.4) is 0 Å². The Bertz CT molecular complexity index is 519. The first kappa shape index (κ1) is 15.1. The normalized spacial score (nSPS) is 11.3. The molecule has 20 heavy (non-hydrogen) atoms. The molecular formula is C17H26N2O. The minimum atomic E-state index is 0.310. The molecule has 0 aliphatic rings. The SMILES string of the molecule is CCCn1cc(CNCCCCCO)c2ccccc21. The van der Waals surface area contributed by atoms with Crippen molar-refractivity contribution in [1.29, 1.82) is 0 Å². The van der Waals surface area contributed by atoms with Gasteiger partial charge in [-0.25, -0.2) is 0 Å². The third-order valence-corrected chi connectivity index (χ3v) is 3.66. The van der Waals surface area contributed by atoms with Crippen molar-refractivity contribution in [2.45, 2.75) is 45.7 Å². The fourth-order valence-corrected chi connectivity index (χ4v) is 2.65. The average Bonchev–Trinajstić information content (AvgIpc) is 2.82. The molecule has 0 amide bonds. The minimum Gasteiger partial charge on any atom is -0.396 e. The molecule has 1 aromatic carbocycles. The number of aryl methyl sites for hydroxylation is 1. The topological polar surface area (TPSA) is 37.2 Å². The number of aromatic nitrogens is 1. The third kappa shape index (κ3) is 3.84. The van der Waals surface area contributed by atoms with Crippen LogP contribution in [-0.2, 0) is 13.1 Å². The summed E-state index contributed by atoms with van der Waals surface area (Å²) in [5, 5.41) is 13.6. The largest absolute Gasteiger partial charge is 0.396 e. The van der Waals surface area contributed by atoms with Crippen LogP contribution < -0.4 is 5.32 Å². The highest BCUT2D eigenvalue weighted by Crippen LogP contribution is 2.21. The minimum absolute atomic E-state index is 0.310. The maximum absolute atomic E-state index is 8.75. The molecule has 3 heteroatoms. The zero-order chi connectivity index (χ0) is 14.2. The van der Waals surface area contributed by atoms with Crippen molar-refractivity contribution >= 4 is 10.9 Å². The Labute approximate surface area is 121 Å². The number of hydrogen-bond acceptors (Lipinski definition) is 2. The van der Waals surface area contributed by atoms with Gasteiger partial charge in [0.15, 0.2) is 0 Å². The molecule has 2 N–H and O–H groups in total. The van der Waals surface area contributed by atoms with Crippen LogP contribution in [0.15, 0.2) is 30.5 Å². The lowest BCUT2D eigenvalue weighted by Gasteiger charge is -2.03. The number of benzene rings is 1. The van der Waals surface area contributed by atoms with Crippen molar-refractivity contribution in [2.75, 3.05) is 13.2 Å². The van der Waals surface area contributed by atoms with Gasteiger partial charge in [-0.15, -0.1) is 0 Å². The average molecular weight is 274 g/mol. The number of nitrogens with zero attached hydrogens (tertiary/aromatic N) is 1. The zero-order valence-electron chi connectivity index (χ0n) is 12.4. The Kier molecular flexibility index (Phi) is 6.09. The van der Waals surface area contributed by atoms with Gasteiger partial charge in [-0.05, 0) is 43.9 Å².